The van der Waals surface area contributed by atoms with Gasteiger partial charge in [-0.15, -0.1) is 0 Å². The molecule has 0 amide bonds. The summed E-state index contributed by atoms with van der Waals surface area (Å²) in [6.07, 6.45) is 4.35. The summed E-state index contributed by atoms with van der Waals surface area (Å²) < 4.78 is 22.1. The minimum atomic E-state index is -3.75. The van der Waals surface area contributed by atoms with E-state index in [0.29, 0.717) is 0 Å². The molecule has 6 heteroatoms. The fourth-order valence-electron chi connectivity index (χ4n) is 0.875. The first kappa shape index (κ1) is 8.92. The third kappa shape index (κ3) is 1.04. The summed E-state index contributed by atoms with van der Waals surface area (Å²) in [5, 5.41) is 8.66. The Labute approximate surface area is 69.3 Å². The minimum Gasteiger partial charge on any atom is -0.478 e. The number of carboxylic acid groups (broad SMARTS) is 1. The van der Waals surface area contributed by atoms with E-state index in [4.69, 9.17) is 5.11 Å². The van der Waals surface area contributed by atoms with E-state index >= 15 is 0 Å². The molecule has 0 aromatic carbocycles. The molecule has 1 heterocycles. The molecule has 0 aliphatic carbocycles. The van der Waals surface area contributed by atoms with Crippen molar-refractivity contribution in [2.75, 3.05) is 6.26 Å². The third-order valence-electron chi connectivity index (χ3n) is 1.55. The van der Waals surface area contributed by atoms with E-state index < -0.39 is 20.7 Å². The van der Waals surface area contributed by atoms with Crippen LogP contribution in [0.15, 0.2) is 17.1 Å². The molecule has 1 unspecified atom stereocenters. The van der Waals surface area contributed by atoms with E-state index in [9.17, 15) is 13.2 Å². The van der Waals surface area contributed by atoms with Crippen molar-refractivity contribution in [1.82, 2.24) is 0 Å². The maximum absolute atomic E-state index is 11.1. The normalized spacial score (nSPS) is 27.8. The summed E-state index contributed by atoms with van der Waals surface area (Å²) in [6, 6.07) is 0. The van der Waals surface area contributed by atoms with Crippen LogP contribution in [-0.4, -0.2) is 36.8 Å². The van der Waals surface area contributed by atoms with Crippen molar-refractivity contribution in [3.8, 4) is 0 Å². The van der Waals surface area contributed by atoms with Gasteiger partial charge in [-0.2, -0.15) is 0 Å². The van der Waals surface area contributed by atoms with Crippen molar-refractivity contribution < 1.29 is 18.3 Å². The van der Waals surface area contributed by atoms with E-state index in [0.717, 1.165) is 18.5 Å². The Kier molecular flexibility index (Phi) is 1.79. The zero-order chi connectivity index (χ0) is 9.41. The average Bonchev–Trinajstić information content (AvgIpc) is 2.31. The Morgan fingerprint density at radius 3 is 2.33 bits per heavy atom. The quantitative estimate of drug-likeness (QED) is 0.631. The van der Waals surface area contributed by atoms with Gasteiger partial charge in [-0.3, -0.25) is 4.99 Å². The highest BCUT2D eigenvalue weighted by Gasteiger charge is 2.47. The standard InChI is InChI=1S/C6H7NO4S/c1-12(10,11)6(5(8)9)3-2-4-7-6/h2-4H,1H3,(H,8,9). The van der Waals surface area contributed by atoms with Crippen molar-refractivity contribution in [2.24, 2.45) is 4.99 Å². The van der Waals surface area contributed by atoms with Gasteiger partial charge in [0.25, 0.3) is 4.87 Å². The highest BCUT2D eigenvalue weighted by molar-refractivity contribution is 7.93. The Balaban J connectivity index is 3.33. The van der Waals surface area contributed by atoms with Gasteiger partial charge in [-0.25, -0.2) is 13.2 Å². The molecular formula is C6H7NO4S. The molecule has 66 valence electrons. The number of allylic oxidation sites excluding steroid dienone is 1. The largest absolute Gasteiger partial charge is 0.478 e. The molecule has 0 saturated heterocycles. The molecule has 0 aromatic heterocycles. The number of aliphatic imine (C=N–C) groups is 1. The lowest BCUT2D eigenvalue weighted by molar-refractivity contribution is -0.138. The van der Waals surface area contributed by atoms with Crippen LogP contribution in [-0.2, 0) is 14.6 Å². The first-order chi connectivity index (χ1) is 5.40. The summed E-state index contributed by atoms with van der Waals surface area (Å²) in [6.45, 7) is 0. The number of carbonyl (C=O) groups is 1. The molecule has 0 spiro atoms. The van der Waals surface area contributed by atoms with Crippen LogP contribution in [0.4, 0.5) is 0 Å². The predicted molar refractivity (Wildman–Crippen MR) is 42.8 cm³/mol. The highest BCUT2D eigenvalue weighted by atomic mass is 32.2. The van der Waals surface area contributed by atoms with Crippen LogP contribution in [0.1, 0.15) is 0 Å². The molecule has 0 radical (unpaired) electrons. The van der Waals surface area contributed by atoms with Crippen LogP contribution >= 0.6 is 0 Å². The van der Waals surface area contributed by atoms with Gasteiger partial charge in [-0.05, 0) is 12.2 Å². The third-order valence-corrected chi connectivity index (χ3v) is 3.09. The van der Waals surface area contributed by atoms with Gasteiger partial charge in [0, 0.05) is 12.5 Å². The van der Waals surface area contributed by atoms with Crippen molar-refractivity contribution in [3.05, 3.63) is 12.2 Å². The fourth-order valence-corrected chi connectivity index (χ4v) is 1.77. The van der Waals surface area contributed by atoms with Gasteiger partial charge < -0.3 is 5.11 Å². The molecule has 0 bridgehead atoms. The summed E-state index contributed by atoms with van der Waals surface area (Å²) >= 11 is 0. The van der Waals surface area contributed by atoms with Crippen LogP contribution in [0.3, 0.4) is 0 Å². The summed E-state index contributed by atoms with van der Waals surface area (Å²) in [5.41, 5.74) is 0. The summed E-state index contributed by atoms with van der Waals surface area (Å²) in [4.78, 5) is 12.0. The number of rotatable bonds is 2. The Hall–Kier alpha value is -1.17. The average molecular weight is 189 g/mol. The molecule has 5 nitrogen and oxygen atoms in total. The van der Waals surface area contributed by atoms with E-state index in [1.807, 2.05) is 0 Å². The van der Waals surface area contributed by atoms with Gasteiger partial charge in [0.2, 0.25) is 0 Å². The first-order valence-electron chi connectivity index (χ1n) is 3.06. The van der Waals surface area contributed by atoms with Crippen molar-refractivity contribution in [1.29, 1.82) is 0 Å². The van der Waals surface area contributed by atoms with E-state index in [1.54, 1.807) is 0 Å². The Bertz CT molecular complexity index is 353. The molecule has 1 N–H and O–H groups in total. The number of hydrogen-bond donors (Lipinski definition) is 1. The lowest BCUT2D eigenvalue weighted by Crippen LogP contribution is -2.41. The monoisotopic (exact) mass is 189 g/mol. The molecule has 0 aromatic rings. The second-order valence-corrected chi connectivity index (χ2v) is 4.58. The zero-order valence-corrected chi connectivity index (χ0v) is 7.08. The van der Waals surface area contributed by atoms with Crippen LogP contribution in [0.5, 0.6) is 0 Å². The van der Waals surface area contributed by atoms with Gasteiger partial charge in [0.1, 0.15) is 0 Å². The molecular weight excluding hydrogens is 182 g/mol. The van der Waals surface area contributed by atoms with Gasteiger partial charge in [-0.1, -0.05) is 0 Å². The second kappa shape index (κ2) is 2.41. The molecule has 1 aliphatic heterocycles. The van der Waals surface area contributed by atoms with Crippen molar-refractivity contribution in [2.45, 2.75) is 4.87 Å². The SMILES string of the molecule is CS(=O)(=O)C1(C(=O)O)C=CC=N1. The van der Waals surface area contributed by atoms with E-state index in [-0.39, 0.29) is 0 Å². The number of aliphatic carboxylic acids is 1. The van der Waals surface area contributed by atoms with Gasteiger partial charge in [0.05, 0.1) is 0 Å². The topological polar surface area (TPSA) is 83.8 Å². The van der Waals surface area contributed by atoms with Crippen molar-refractivity contribution in [3.63, 3.8) is 0 Å². The zero-order valence-electron chi connectivity index (χ0n) is 6.26. The Morgan fingerprint density at radius 2 is 2.17 bits per heavy atom. The van der Waals surface area contributed by atoms with Crippen LogP contribution < -0.4 is 0 Å². The number of sulfone groups is 1. The van der Waals surface area contributed by atoms with Crippen LogP contribution in [0, 0.1) is 0 Å². The van der Waals surface area contributed by atoms with Gasteiger partial charge >= 0.3 is 5.97 Å². The van der Waals surface area contributed by atoms with E-state index in [1.165, 1.54) is 6.08 Å². The smallest absolute Gasteiger partial charge is 0.351 e. The maximum Gasteiger partial charge on any atom is 0.351 e. The summed E-state index contributed by atoms with van der Waals surface area (Å²) in [7, 11) is -3.75. The van der Waals surface area contributed by atoms with Crippen LogP contribution in [0.2, 0.25) is 0 Å². The fraction of sp³-hybridized carbons (Fsp3) is 0.333. The second-order valence-electron chi connectivity index (χ2n) is 2.41. The molecule has 12 heavy (non-hydrogen) atoms. The molecule has 1 aliphatic rings. The first-order valence-corrected chi connectivity index (χ1v) is 4.95. The lowest BCUT2D eigenvalue weighted by atomic mass is 10.3. The lowest BCUT2D eigenvalue weighted by Gasteiger charge is -2.15. The van der Waals surface area contributed by atoms with Crippen LogP contribution in [0.25, 0.3) is 0 Å². The Morgan fingerprint density at radius 1 is 1.58 bits per heavy atom. The van der Waals surface area contributed by atoms with Gasteiger partial charge in [0.15, 0.2) is 9.84 Å². The predicted octanol–water partition coefficient (Wildman–Crippen LogP) is -0.547. The molecule has 0 fully saturated rings. The number of nitrogens with zero attached hydrogens (tertiary/aromatic N) is 1. The molecule has 0 saturated carbocycles. The minimum absolute atomic E-state index is 0.841. The maximum atomic E-state index is 11.1. The van der Waals surface area contributed by atoms with E-state index in [2.05, 4.69) is 4.99 Å². The number of carboxylic acids is 1. The molecule has 1 atom stereocenters. The van der Waals surface area contributed by atoms with Crippen molar-refractivity contribution >= 4 is 22.0 Å². The highest BCUT2D eigenvalue weighted by Crippen LogP contribution is 2.23. The summed E-state index contributed by atoms with van der Waals surface area (Å²) in [5.74, 6) is -1.48. The number of hydrogen-bond acceptors (Lipinski definition) is 4. The molecule has 1 rings (SSSR count).